The molecule has 0 amide bonds. The molecule has 1 unspecified atom stereocenters. The predicted molar refractivity (Wildman–Crippen MR) is 84.3 cm³/mol. The summed E-state index contributed by atoms with van der Waals surface area (Å²) in [4.78, 5) is 0.0811. The number of rotatable bonds is 7. The zero-order valence-corrected chi connectivity index (χ0v) is 13.8. The van der Waals surface area contributed by atoms with Crippen LogP contribution in [0.15, 0.2) is 23.1 Å². The number of nitrogen functional groups attached to an aromatic ring is 1. The van der Waals surface area contributed by atoms with Crippen LogP contribution in [0.4, 0.5) is 5.69 Å². The van der Waals surface area contributed by atoms with Gasteiger partial charge in [-0.25, -0.2) is 13.1 Å². The summed E-state index contributed by atoms with van der Waals surface area (Å²) in [5.74, 6) is 0.630. The minimum absolute atomic E-state index is 0.0811. The van der Waals surface area contributed by atoms with Crippen LogP contribution in [-0.2, 0) is 10.0 Å². The molecule has 0 bridgehead atoms. The number of halogens is 1. The third-order valence-corrected chi connectivity index (χ3v) is 4.93. The fraction of sp³-hybridized carbons (Fsp3) is 0.571. The average Bonchev–Trinajstić information content (AvgIpc) is 2.26. The molecule has 1 rings (SSSR count). The fourth-order valence-corrected chi connectivity index (χ4v) is 3.56. The molecule has 4 nitrogen and oxygen atoms in total. The molecule has 0 aromatic heterocycles. The third-order valence-electron chi connectivity index (χ3n) is 3.04. The second kappa shape index (κ2) is 7.29. The number of nitrogens with one attached hydrogen (secondary N) is 1. The lowest BCUT2D eigenvalue weighted by Crippen LogP contribution is -2.33. The summed E-state index contributed by atoms with van der Waals surface area (Å²) in [6, 6.07) is 4.28. The molecule has 0 saturated heterocycles. The van der Waals surface area contributed by atoms with Crippen LogP contribution in [0.5, 0.6) is 0 Å². The molecule has 0 radical (unpaired) electrons. The zero-order valence-electron chi connectivity index (χ0n) is 12.2. The van der Waals surface area contributed by atoms with E-state index in [2.05, 4.69) is 18.6 Å². The Morgan fingerprint density at radius 2 is 1.90 bits per heavy atom. The minimum Gasteiger partial charge on any atom is -0.398 e. The molecule has 6 heteroatoms. The van der Waals surface area contributed by atoms with Crippen LogP contribution in [0.25, 0.3) is 0 Å². The first-order chi connectivity index (χ1) is 9.22. The van der Waals surface area contributed by atoms with Crippen molar-refractivity contribution >= 4 is 27.3 Å². The Labute approximate surface area is 126 Å². The molecule has 3 N–H and O–H groups in total. The van der Waals surface area contributed by atoms with E-state index in [1.54, 1.807) is 0 Å². The van der Waals surface area contributed by atoms with Gasteiger partial charge in [0.15, 0.2) is 0 Å². The minimum atomic E-state index is -3.59. The molecule has 0 aliphatic rings. The molecular formula is C14H23ClN2O2S. The fourth-order valence-electron chi connectivity index (χ4n) is 1.98. The van der Waals surface area contributed by atoms with Crippen molar-refractivity contribution in [2.75, 3.05) is 5.73 Å². The van der Waals surface area contributed by atoms with Crippen LogP contribution >= 0.6 is 11.6 Å². The summed E-state index contributed by atoms with van der Waals surface area (Å²) in [6.07, 6.45) is 2.90. The Morgan fingerprint density at radius 1 is 1.25 bits per heavy atom. The van der Waals surface area contributed by atoms with Crippen molar-refractivity contribution in [2.24, 2.45) is 5.92 Å². The third kappa shape index (κ3) is 5.31. The van der Waals surface area contributed by atoms with Gasteiger partial charge in [0, 0.05) is 11.1 Å². The van der Waals surface area contributed by atoms with Gasteiger partial charge >= 0.3 is 0 Å². The van der Waals surface area contributed by atoms with E-state index in [1.165, 1.54) is 18.2 Å². The summed E-state index contributed by atoms with van der Waals surface area (Å²) in [6.45, 7) is 6.18. The van der Waals surface area contributed by atoms with E-state index >= 15 is 0 Å². The lowest BCUT2D eigenvalue weighted by atomic mass is 10.0. The first kappa shape index (κ1) is 17.3. The van der Waals surface area contributed by atoms with Crippen molar-refractivity contribution < 1.29 is 8.42 Å². The Balaban J connectivity index is 2.69. The van der Waals surface area contributed by atoms with Crippen molar-refractivity contribution in [1.82, 2.24) is 4.72 Å². The van der Waals surface area contributed by atoms with Crippen molar-refractivity contribution in [3.05, 3.63) is 23.2 Å². The molecule has 1 aromatic carbocycles. The maximum Gasteiger partial charge on any atom is 0.242 e. The molecule has 0 spiro atoms. The monoisotopic (exact) mass is 318 g/mol. The largest absolute Gasteiger partial charge is 0.398 e. The molecule has 0 saturated carbocycles. The molecule has 0 heterocycles. The van der Waals surface area contributed by atoms with Crippen LogP contribution in [-0.4, -0.2) is 14.5 Å². The maximum atomic E-state index is 12.2. The van der Waals surface area contributed by atoms with E-state index in [4.69, 9.17) is 17.3 Å². The Morgan fingerprint density at radius 3 is 2.45 bits per heavy atom. The summed E-state index contributed by atoms with van der Waals surface area (Å²) in [5.41, 5.74) is 5.89. The van der Waals surface area contributed by atoms with Gasteiger partial charge in [-0.1, -0.05) is 38.3 Å². The number of nitrogens with two attached hydrogens (primary N) is 1. The molecule has 0 fully saturated rings. The first-order valence-corrected chi connectivity index (χ1v) is 8.66. The molecule has 0 aliphatic heterocycles. The van der Waals surface area contributed by atoms with Gasteiger partial charge in [0.05, 0.1) is 5.69 Å². The van der Waals surface area contributed by atoms with Crippen LogP contribution < -0.4 is 10.5 Å². The van der Waals surface area contributed by atoms with Gasteiger partial charge in [0.1, 0.15) is 4.90 Å². The van der Waals surface area contributed by atoms with Crippen molar-refractivity contribution in [3.8, 4) is 0 Å². The average molecular weight is 319 g/mol. The maximum absolute atomic E-state index is 12.2. The van der Waals surface area contributed by atoms with Gasteiger partial charge in [-0.2, -0.15) is 0 Å². The van der Waals surface area contributed by atoms with Gasteiger partial charge in [0.25, 0.3) is 0 Å². The number of anilines is 1. The van der Waals surface area contributed by atoms with E-state index in [0.29, 0.717) is 10.9 Å². The Hall–Kier alpha value is -0.780. The summed E-state index contributed by atoms with van der Waals surface area (Å²) in [7, 11) is -3.59. The molecular weight excluding hydrogens is 296 g/mol. The number of benzene rings is 1. The lowest BCUT2D eigenvalue weighted by Gasteiger charge is -2.16. The normalized spacial score (nSPS) is 13.7. The van der Waals surface area contributed by atoms with Gasteiger partial charge < -0.3 is 5.73 Å². The second-order valence-electron chi connectivity index (χ2n) is 5.53. The van der Waals surface area contributed by atoms with Crippen molar-refractivity contribution in [2.45, 2.75) is 51.0 Å². The topological polar surface area (TPSA) is 72.2 Å². The second-order valence-corrected chi connectivity index (χ2v) is 7.65. The van der Waals surface area contributed by atoms with E-state index in [1.807, 2.05) is 6.92 Å². The summed E-state index contributed by atoms with van der Waals surface area (Å²) < 4.78 is 27.1. The number of sulfonamides is 1. The molecule has 20 heavy (non-hydrogen) atoms. The molecule has 1 atom stereocenters. The SMILES string of the molecule is CC(C)CCCC(C)NS(=O)(=O)c1ccc(Cl)cc1N. The number of hydrogen-bond donors (Lipinski definition) is 2. The Kier molecular flexibility index (Phi) is 6.30. The van der Waals surface area contributed by atoms with Gasteiger partial charge in [-0.3, -0.25) is 0 Å². The van der Waals surface area contributed by atoms with Crippen molar-refractivity contribution in [1.29, 1.82) is 0 Å². The quantitative estimate of drug-likeness (QED) is 0.757. The van der Waals surface area contributed by atoms with Crippen LogP contribution in [0.1, 0.15) is 40.0 Å². The first-order valence-electron chi connectivity index (χ1n) is 6.79. The molecule has 0 aliphatic carbocycles. The van der Waals surface area contributed by atoms with Crippen LogP contribution in [0.2, 0.25) is 5.02 Å². The highest BCUT2D eigenvalue weighted by molar-refractivity contribution is 7.89. The van der Waals surface area contributed by atoms with Crippen LogP contribution in [0, 0.1) is 5.92 Å². The Bertz CT molecular complexity index is 544. The highest BCUT2D eigenvalue weighted by Gasteiger charge is 2.20. The number of hydrogen-bond acceptors (Lipinski definition) is 3. The van der Waals surface area contributed by atoms with E-state index in [-0.39, 0.29) is 16.6 Å². The van der Waals surface area contributed by atoms with Crippen LogP contribution in [0.3, 0.4) is 0 Å². The summed E-state index contributed by atoms with van der Waals surface area (Å²) in [5, 5.41) is 0.423. The van der Waals surface area contributed by atoms with Gasteiger partial charge in [0.2, 0.25) is 10.0 Å². The molecule has 1 aromatic rings. The summed E-state index contributed by atoms with van der Waals surface area (Å²) >= 11 is 5.78. The van der Waals surface area contributed by atoms with E-state index in [9.17, 15) is 8.42 Å². The van der Waals surface area contributed by atoms with E-state index in [0.717, 1.165) is 19.3 Å². The predicted octanol–water partition coefficient (Wildman–Crippen LogP) is 3.42. The van der Waals surface area contributed by atoms with Gasteiger partial charge in [-0.15, -0.1) is 0 Å². The van der Waals surface area contributed by atoms with Gasteiger partial charge in [-0.05, 0) is 37.5 Å². The standard InChI is InChI=1S/C14H23ClN2O2S/c1-10(2)5-4-6-11(3)17-20(18,19)14-8-7-12(15)9-13(14)16/h7-11,17H,4-6,16H2,1-3H3. The smallest absolute Gasteiger partial charge is 0.242 e. The van der Waals surface area contributed by atoms with E-state index < -0.39 is 10.0 Å². The molecule has 114 valence electrons. The zero-order chi connectivity index (χ0) is 15.3. The highest BCUT2D eigenvalue weighted by Crippen LogP contribution is 2.22. The lowest BCUT2D eigenvalue weighted by molar-refractivity contribution is 0.488. The highest BCUT2D eigenvalue weighted by atomic mass is 35.5. The van der Waals surface area contributed by atoms with Crippen molar-refractivity contribution in [3.63, 3.8) is 0 Å².